The Kier molecular flexibility index (Phi) is 7.16. The fourth-order valence-corrected chi connectivity index (χ4v) is 3.42. The molecule has 0 fully saturated rings. The van der Waals surface area contributed by atoms with Crippen LogP contribution in [0.5, 0.6) is 0 Å². The lowest BCUT2D eigenvalue weighted by Gasteiger charge is -2.18. The summed E-state index contributed by atoms with van der Waals surface area (Å²) in [4.78, 5) is 12.1. The van der Waals surface area contributed by atoms with Gasteiger partial charge in [-0.3, -0.25) is 4.79 Å². The first kappa shape index (κ1) is 21.1. The van der Waals surface area contributed by atoms with Gasteiger partial charge in [-0.1, -0.05) is 63.2 Å². The lowest BCUT2D eigenvalue weighted by molar-refractivity contribution is -0.121. The number of hydrogen-bond acceptors (Lipinski definition) is 3. The molecule has 2 N–H and O–H groups in total. The highest BCUT2D eigenvalue weighted by molar-refractivity contribution is 7.89. The molecule has 2 aromatic rings. The van der Waals surface area contributed by atoms with Crippen molar-refractivity contribution in [3.05, 3.63) is 65.7 Å². The molecule has 2 aromatic carbocycles. The normalized spacial score (nSPS) is 12.0. The van der Waals surface area contributed by atoms with Crippen LogP contribution < -0.4 is 10.0 Å². The van der Waals surface area contributed by atoms with Crippen LogP contribution in [0.3, 0.4) is 0 Å². The molecule has 146 valence electrons. The van der Waals surface area contributed by atoms with Crippen LogP contribution in [0.2, 0.25) is 0 Å². The minimum Gasteiger partial charge on any atom is -0.356 e. The molecule has 0 aliphatic heterocycles. The van der Waals surface area contributed by atoms with Crippen molar-refractivity contribution in [3.8, 4) is 0 Å². The maximum Gasteiger partial charge on any atom is 0.240 e. The van der Waals surface area contributed by atoms with Crippen LogP contribution in [0.15, 0.2) is 59.5 Å². The van der Waals surface area contributed by atoms with Crippen LogP contribution in [-0.4, -0.2) is 20.9 Å². The topological polar surface area (TPSA) is 75.3 Å². The monoisotopic (exact) mass is 388 g/mol. The quantitative estimate of drug-likeness (QED) is 0.729. The van der Waals surface area contributed by atoms with Crippen molar-refractivity contribution >= 4 is 15.9 Å². The van der Waals surface area contributed by atoms with E-state index in [4.69, 9.17) is 0 Å². The molecule has 0 aromatic heterocycles. The van der Waals surface area contributed by atoms with Gasteiger partial charge < -0.3 is 5.32 Å². The largest absolute Gasteiger partial charge is 0.356 e. The molecule has 0 aliphatic carbocycles. The number of sulfonamides is 1. The van der Waals surface area contributed by atoms with Crippen molar-refractivity contribution in [2.24, 2.45) is 5.41 Å². The molecule has 0 saturated heterocycles. The van der Waals surface area contributed by atoms with Gasteiger partial charge >= 0.3 is 0 Å². The average molecular weight is 389 g/mol. The highest BCUT2D eigenvalue weighted by Crippen LogP contribution is 2.13. The van der Waals surface area contributed by atoms with E-state index >= 15 is 0 Å². The molecule has 1 amide bonds. The number of carbonyl (C=O) groups excluding carboxylic acids is 1. The van der Waals surface area contributed by atoms with Gasteiger partial charge in [-0.05, 0) is 35.1 Å². The molecule has 2 rings (SSSR count). The zero-order chi connectivity index (χ0) is 19.9. The van der Waals surface area contributed by atoms with Crippen molar-refractivity contribution in [1.82, 2.24) is 10.0 Å². The van der Waals surface area contributed by atoms with Gasteiger partial charge in [0.2, 0.25) is 15.9 Å². The second kappa shape index (κ2) is 9.15. The van der Waals surface area contributed by atoms with Gasteiger partial charge in [0.05, 0.1) is 4.90 Å². The number of amides is 1. The van der Waals surface area contributed by atoms with Gasteiger partial charge in [-0.15, -0.1) is 0 Å². The zero-order valence-corrected chi connectivity index (χ0v) is 17.0. The lowest BCUT2D eigenvalue weighted by Crippen LogP contribution is -2.32. The van der Waals surface area contributed by atoms with E-state index in [1.165, 1.54) is 0 Å². The van der Waals surface area contributed by atoms with E-state index in [0.717, 1.165) is 11.1 Å². The lowest BCUT2D eigenvalue weighted by atomic mass is 9.97. The number of hydrogen-bond donors (Lipinski definition) is 2. The molecule has 5 nitrogen and oxygen atoms in total. The molecule has 0 bridgehead atoms. The second-order valence-electron chi connectivity index (χ2n) is 7.79. The minimum absolute atomic E-state index is 0.00570. The summed E-state index contributed by atoms with van der Waals surface area (Å²) in [5.74, 6) is 0.00570. The molecule has 6 heteroatoms. The molecule has 0 aliphatic rings. The van der Waals surface area contributed by atoms with Crippen molar-refractivity contribution in [2.75, 3.05) is 6.54 Å². The van der Waals surface area contributed by atoms with Gasteiger partial charge in [0.15, 0.2) is 0 Å². The Balaban J connectivity index is 1.87. The second-order valence-corrected chi connectivity index (χ2v) is 9.56. The van der Waals surface area contributed by atoms with Crippen molar-refractivity contribution in [3.63, 3.8) is 0 Å². The van der Waals surface area contributed by atoms with Gasteiger partial charge in [0, 0.05) is 19.5 Å². The predicted octanol–water partition coefficient (Wildman–Crippen LogP) is 3.26. The average Bonchev–Trinajstić information content (AvgIpc) is 2.64. The molecular weight excluding hydrogens is 360 g/mol. The molecule has 0 saturated carbocycles. The van der Waals surface area contributed by atoms with Crippen molar-refractivity contribution in [2.45, 2.75) is 45.1 Å². The SMILES string of the molecule is CC(C)(C)CNC(=O)CCc1ccc(S(=O)(=O)NCc2ccccc2)cc1. The van der Waals surface area contributed by atoms with E-state index in [2.05, 4.69) is 30.8 Å². The first-order chi connectivity index (χ1) is 12.7. The Labute approximate surface area is 162 Å². The third-order valence-corrected chi connectivity index (χ3v) is 5.42. The van der Waals surface area contributed by atoms with Crippen molar-refractivity contribution in [1.29, 1.82) is 0 Å². The highest BCUT2D eigenvalue weighted by Gasteiger charge is 2.14. The number of benzene rings is 2. The van der Waals surface area contributed by atoms with E-state index in [-0.39, 0.29) is 22.8 Å². The fourth-order valence-electron chi connectivity index (χ4n) is 2.40. The van der Waals surface area contributed by atoms with Gasteiger partial charge in [-0.25, -0.2) is 13.1 Å². The van der Waals surface area contributed by atoms with Crippen LogP contribution >= 0.6 is 0 Å². The summed E-state index contributed by atoms with van der Waals surface area (Å²) in [6, 6.07) is 16.0. The Morgan fingerprint density at radius 2 is 1.56 bits per heavy atom. The van der Waals surface area contributed by atoms with Crippen LogP contribution in [0.25, 0.3) is 0 Å². The predicted molar refractivity (Wildman–Crippen MR) is 108 cm³/mol. The Bertz CT molecular complexity index is 839. The molecule has 0 heterocycles. The molecule has 0 spiro atoms. The molecule has 27 heavy (non-hydrogen) atoms. The first-order valence-electron chi connectivity index (χ1n) is 9.05. The first-order valence-corrected chi connectivity index (χ1v) is 10.5. The van der Waals surface area contributed by atoms with E-state index in [0.29, 0.717) is 19.4 Å². The van der Waals surface area contributed by atoms with Crippen LogP contribution in [0.4, 0.5) is 0 Å². The number of nitrogens with one attached hydrogen (secondary N) is 2. The van der Waals surface area contributed by atoms with Gasteiger partial charge in [0.25, 0.3) is 0 Å². The van der Waals surface area contributed by atoms with Crippen LogP contribution in [0, 0.1) is 5.41 Å². The summed E-state index contributed by atoms with van der Waals surface area (Å²) in [7, 11) is -3.56. The maximum absolute atomic E-state index is 12.4. The Morgan fingerprint density at radius 3 is 2.15 bits per heavy atom. The zero-order valence-electron chi connectivity index (χ0n) is 16.2. The number of rotatable bonds is 8. The summed E-state index contributed by atoms with van der Waals surface area (Å²) in [5.41, 5.74) is 1.89. The third kappa shape index (κ3) is 7.53. The third-order valence-electron chi connectivity index (χ3n) is 4.00. The summed E-state index contributed by atoms with van der Waals surface area (Å²) in [6.45, 7) is 7.09. The van der Waals surface area contributed by atoms with Crippen molar-refractivity contribution < 1.29 is 13.2 Å². The summed E-state index contributed by atoms with van der Waals surface area (Å²) in [5, 5.41) is 2.92. The van der Waals surface area contributed by atoms with E-state index in [1.807, 2.05) is 30.3 Å². The Hall–Kier alpha value is -2.18. The number of aryl methyl sites for hydroxylation is 1. The smallest absolute Gasteiger partial charge is 0.240 e. The molecular formula is C21H28N2O3S. The molecule has 0 atom stereocenters. The van der Waals surface area contributed by atoms with Crippen LogP contribution in [0.1, 0.15) is 38.3 Å². The van der Waals surface area contributed by atoms with Crippen LogP contribution in [-0.2, 0) is 27.8 Å². The van der Waals surface area contributed by atoms with E-state index in [1.54, 1.807) is 24.3 Å². The number of carbonyl (C=O) groups is 1. The summed E-state index contributed by atoms with van der Waals surface area (Å²) >= 11 is 0. The maximum atomic E-state index is 12.4. The molecule has 0 unspecified atom stereocenters. The standard InChI is InChI=1S/C21H28N2O3S/c1-21(2,3)16-22-20(24)14-11-17-9-12-19(13-10-17)27(25,26)23-15-18-7-5-4-6-8-18/h4-10,12-13,23H,11,14-16H2,1-3H3,(H,22,24). The highest BCUT2D eigenvalue weighted by atomic mass is 32.2. The van der Waals surface area contributed by atoms with E-state index in [9.17, 15) is 13.2 Å². The van der Waals surface area contributed by atoms with Gasteiger partial charge in [-0.2, -0.15) is 0 Å². The fraction of sp³-hybridized carbons (Fsp3) is 0.381. The molecule has 0 radical (unpaired) electrons. The van der Waals surface area contributed by atoms with Gasteiger partial charge in [0.1, 0.15) is 0 Å². The minimum atomic E-state index is -3.56. The van der Waals surface area contributed by atoms with E-state index < -0.39 is 10.0 Å². The summed E-state index contributed by atoms with van der Waals surface area (Å²) < 4.78 is 27.4. The Morgan fingerprint density at radius 1 is 0.926 bits per heavy atom. The summed E-state index contributed by atoms with van der Waals surface area (Å²) in [6.07, 6.45) is 0.960.